The Labute approximate surface area is 85.2 Å². The van der Waals surface area contributed by atoms with E-state index in [1.807, 2.05) is 19.1 Å². The Morgan fingerprint density at radius 2 is 1.93 bits per heavy atom. The van der Waals surface area contributed by atoms with Crippen LogP contribution in [-0.2, 0) is 13.0 Å². The quantitative estimate of drug-likeness (QED) is 0.776. The molecule has 0 saturated heterocycles. The van der Waals surface area contributed by atoms with Crippen LogP contribution in [0.15, 0.2) is 12.1 Å². The summed E-state index contributed by atoms with van der Waals surface area (Å²) in [5.74, 6) is 0.593. The van der Waals surface area contributed by atoms with Crippen LogP contribution in [0.4, 0.5) is 0 Å². The number of aliphatic hydroxyl groups excluding tert-OH is 1. The highest BCUT2D eigenvalue weighted by Crippen LogP contribution is 2.30. The van der Waals surface area contributed by atoms with E-state index >= 15 is 0 Å². The summed E-state index contributed by atoms with van der Waals surface area (Å²) < 4.78 is 0. The van der Waals surface area contributed by atoms with Crippen LogP contribution in [0, 0.1) is 0 Å². The molecule has 14 heavy (non-hydrogen) atoms. The highest BCUT2D eigenvalue weighted by Gasteiger charge is 2.12. The van der Waals surface area contributed by atoms with Gasteiger partial charge in [-0.25, -0.2) is 0 Å². The summed E-state index contributed by atoms with van der Waals surface area (Å²) in [6, 6.07) is 3.93. The zero-order valence-corrected chi connectivity index (χ0v) is 9.04. The maximum absolute atomic E-state index is 9.86. The number of phenols is 1. The lowest BCUT2D eigenvalue weighted by atomic mass is 9.94. The second kappa shape index (κ2) is 4.47. The standard InChI is InChI=1S/C12H18O2/c1-4-9-5-6-10(8(2)3)11(7-13)12(9)14/h5-6,8,13-14H,4,7H2,1-3H3. The molecule has 1 aromatic carbocycles. The molecule has 78 valence electrons. The molecule has 0 radical (unpaired) electrons. The predicted octanol–water partition coefficient (Wildman–Crippen LogP) is 2.57. The van der Waals surface area contributed by atoms with Crippen molar-refractivity contribution >= 4 is 0 Å². The zero-order chi connectivity index (χ0) is 10.7. The summed E-state index contributed by atoms with van der Waals surface area (Å²) in [5, 5.41) is 19.1. The van der Waals surface area contributed by atoms with Crippen LogP contribution in [0.25, 0.3) is 0 Å². The van der Waals surface area contributed by atoms with E-state index in [-0.39, 0.29) is 12.4 Å². The van der Waals surface area contributed by atoms with Crippen molar-refractivity contribution in [2.24, 2.45) is 0 Å². The van der Waals surface area contributed by atoms with Crippen molar-refractivity contribution in [1.82, 2.24) is 0 Å². The average molecular weight is 194 g/mol. The van der Waals surface area contributed by atoms with Crippen molar-refractivity contribution < 1.29 is 10.2 Å². The monoisotopic (exact) mass is 194 g/mol. The molecular weight excluding hydrogens is 176 g/mol. The molecule has 0 amide bonds. The van der Waals surface area contributed by atoms with Gasteiger partial charge in [0, 0.05) is 5.56 Å². The van der Waals surface area contributed by atoms with E-state index in [2.05, 4.69) is 13.8 Å². The average Bonchev–Trinajstić information content (AvgIpc) is 2.17. The zero-order valence-electron chi connectivity index (χ0n) is 9.04. The summed E-state index contributed by atoms with van der Waals surface area (Å²) in [6.07, 6.45) is 0.789. The van der Waals surface area contributed by atoms with E-state index in [1.54, 1.807) is 0 Å². The molecule has 0 atom stereocenters. The number of aromatic hydroxyl groups is 1. The molecule has 0 fully saturated rings. The SMILES string of the molecule is CCc1ccc(C(C)C)c(CO)c1O. The molecule has 0 spiro atoms. The fraction of sp³-hybridized carbons (Fsp3) is 0.500. The van der Waals surface area contributed by atoms with Crippen LogP contribution < -0.4 is 0 Å². The van der Waals surface area contributed by atoms with E-state index in [0.717, 1.165) is 17.5 Å². The third kappa shape index (κ3) is 1.90. The van der Waals surface area contributed by atoms with Gasteiger partial charge in [0.1, 0.15) is 5.75 Å². The fourth-order valence-electron chi connectivity index (χ4n) is 1.69. The van der Waals surface area contributed by atoms with Gasteiger partial charge in [0.05, 0.1) is 6.61 Å². The van der Waals surface area contributed by atoms with Crippen LogP contribution in [0.5, 0.6) is 5.75 Å². The first-order valence-corrected chi connectivity index (χ1v) is 5.06. The van der Waals surface area contributed by atoms with Crippen LogP contribution in [-0.4, -0.2) is 10.2 Å². The number of aliphatic hydroxyl groups is 1. The molecule has 0 saturated carbocycles. The summed E-state index contributed by atoms with van der Waals surface area (Å²) in [6.45, 7) is 6.01. The number of rotatable bonds is 3. The number of benzene rings is 1. The van der Waals surface area contributed by atoms with Crippen molar-refractivity contribution in [3.8, 4) is 5.75 Å². The van der Waals surface area contributed by atoms with Gasteiger partial charge < -0.3 is 10.2 Å². The number of hydrogen-bond donors (Lipinski definition) is 2. The molecule has 2 N–H and O–H groups in total. The maximum atomic E-state index is 9.86. The van der Waals surface area contributed by atoms with E-state index in [0.29, 0.717) is 11.5 Å². The summed E-state index contributed by atoms with van der Waals surface area (Å²) in [5.41, 5.74) is 2.61. The van der Waals surface area contributed by atoms with Crippen LogP contribution in [0.3, 0.4) is 0 Å². The van der Waals surface area contributed by atoms with Crippen molar-refractivity contribution in [2.45, 2.75) is 39.7 Å². The van der Waals surface area contributed by atoms with Gasteiger partial charge in [0.15, 0.2) is 0 Å². The minimum Gasteiger partial charge on any atom is -0.507 e. The van der Waals surface area contributed by atoms with Crippen molar-refractivity contribution in [2.75, 3.05) is 0 Å². The largest absolute Gasteiger partial charge is 0.507 e. The summed E-state index contributed by atoms with van der Waals surface area (Å²) in [4.78, 5) is 0. The Kier molecular flexibility index (Phi) is 3.53. The van der Waals surface area contributed by atoms with Gasteiger partial charge in [-0.1, -0.05) is 32.9 Å². The van der Waals surface area contributed by atoms with Gasteiger partial charge >= 0.3 is 0 Å². The van der Waals surface area contributed by atoms with Crippen LogP contribution >= 0.6 is 0 Å². The predicted molar refractivity (Wildman–Crippen MR) is 57.5 cm³/mol. The van der Waals surface area contributed by atoms with Gasteiger partial charge in [0.25, 0.3) is 0 Å². The van der Waals surface area contributed by atoms with E-state index < -0.39 is 0 Å². The van der Waals surface area contributed by atoms with Crippen molar-refractivity contribution in [1.29, 1.82) is 0 Å². The molecule has 0 aliphatic heterocycles. The molecule has 0 aliphatic rings. The number of hydrogen-bond acceptors (Lipinski definition) is 2. The highest BCUT2D eigenvalue weighted by atomic mass is 16.3. The molecule has 2 heteroatoms. The van der Waals surface area contributed by atoms with Crippen molar-refractivity contribution in [3.05, 3.63) is 28.8 Å². The third-order valence-corrected chi connectivity index (χ3v) is 2.56. The lowest BCUT2D eigenvalue weighted by Gasteiger charge is -2.14. The molecule has 0 aromatic heterocycles. The molecule has 2 nitrogen and oxygen atoms in total. The second-order valence-electron chi connectivity index (χ2n) is 3.81. The second-order valence-corrected chi connectivity index (χ2v) is 3.81. The van der Waals surface area contributed by atoms with Gasteiger partial charge in [-0.15, -0.1) is 0 Å². The van der Waals surface area contributed by atoms with Gasteiger partial charge in [-0.2, -0.15) is 0 Å². The van der Waals surface area contributed by atoms with E-state index in [4.69, 9.17) is 0 Å². The highest BCUT2D eigenvalue weighted by molar-refractivity contribution is 5.46. The van der Waals surface area contributed by atoms with Gasteiger partial charge in [0.2, 0.25) is 0 Å². The molecule has 0 unspecified atom stereocenters. The Balaban J connectivity index is 3.28. The Hall–Kier alpha value is -1.02. The Morgan fingerprint density at radius 3 is 2.36 bits per heavy atom. The number of aryl methyl sites for hydroxylation is 1. The maximum Gasteiger partial charge on any atom is 0.124 e. The van der Waals surface area contributed by atoms with Crippen molar-refractivity contribution in [3.63, 3.8) is 0 Å². The first kappa shape index (κ1) is 11.1. The molecule has 0 bridgehead atoms. The topological polar surface area (TPSA) is 40.5 Å². The lowest BCUT2D eigenvalue weighted by molar-refractivity contribution is 0.273. The minimum atomic E-state index is -0.0901. The summed E-state index contributed by atoms with van der Waals surface area (Å²) in [7, 11) is 0. The molecular formula is C12H18O2. The molecule has 0 aliphatic carbocycles. The lowest BCUT2D eigenvalue weighted by Crippen LogP contribution is -1.99. The fourth-order valence-corrected chi connectivity index (χ4v) is 1.69. The van der Waals surface area contributed by atoms with Crippen LogP contribution in [0.2, 0.25) is 0 Å². The molecule has 0 heterocycles. The molecule has 1 rings (SSSR count). The third-order valence-electron chi connectivity index (χ3n) is 2.56. The first-order valence-electron chi connectivity index (χ1n) is 5.06. The summed E-state index contributed by atoms with van der Waals surface area (Å²) >= 11 is 0. The normalized spacial score (nSPS) is 10.9. The minimum absolute atomic E-state index is 0.0901. The smallest absolute Gasteiger partial charge is 0.124 e. The van der Waals surface area contributed by atoms with E-state index in [9.17, 15) is 10.2 Å². The van der Waals surface area contributed by atoms with Gasteiger partial charge in [-0.3, -0.25) is 0 Å². The Bertz CT molecular complexity index is 316. The van der Waals surface area contributed by atoms with E-state index in [1.165, 1.54) is 0 Å². The first-order chi connectivity index (χ1) is 6.61. The molecule has 1 aromatic rings. The van der Waals surface area contributed by atoms with Gasteiger partial charge in [-0.05, 0) is 23.5 Å². The van der Waals surface area contributed by atoms with Crippen LogP contribution in [0.1, 0.15) is 43.4 Å². The Morgan fingerprint density at radius 1 is 1.29 bits per heavy atom.